The number of hydrogen-bond acceptors (Lipinski definition) is 4. The smallest absolute Gasteiger partial charge is 0.259 e. The van der Waals surface area contributed by atoms with Crippen LogP contribution in [0.1, 0.15) is 15.9 Å². The number of benzene rings is 1. The molecule has 7 heteroatoms. The summed E-state index contributed by atoms with van der Waals surface area (Å²) in [6.07, 6.45) is 1.26. The normalized spacial score (nSPS) is 9.74. The van der Waals surface area contributed by atoms with Crippen molar-refractivity contribution in [1.29, 1.82) is 5.26 Å². The van der Waals surface area contributed by atoms with Crippen LogP contribution in [0.25, 0.3) is 0 Å². The minimum atomic E-state index is -0.713. The lowest BCUT2D eigenvalue weighted by atomic mass is 10.2. The van der Waals surface area contributed by atoms with Crippen LogP contribution >= 0.6 is 0 Å². The van der Waals surface area contributed by atoms with Crippen molar-refractivity contribution in [3.05, 3.63) is 41.3 Å². The van der Waals surface area contributed by atoms with E-state index in [4.69, 9.17) is 10.00 Å². The Balaban J connectivity index is 2.24. The van der Waals surface area contributed by atoms with Crippen LogP contribution in [-0.2, 0) is 0 Å². The maximum atomic E-state index is 13.7. The summed E-state index contributed by atoms with van der Waals surface area (Å²) in [6.45, 7) is 0. The van der Waals surface area contributed by atoms with Gasteiger partial charge in [0, 0.05) is 6.07 Å². The molecule has 0 aliphatic carbocycles. The lowest BCUT2D eigenvalue weighted by Gasteiger charge is -2.06. The van der Waals surface area contributed by atoms with E-state index in [2.05, 4.69) is 15.5 Å². The molecule has 1 amide bonds. The van der Waals surface area contributed by atoms with Crippen LogP contribution < -0.4 is 10.1 Å². The summed E-state index contributed by atoms with van der Waals surface area (Å²) in [5, 5.41) is 17.2. The first-order chi connectivity index (χ1) is 9.15. The van der Waals surface area contributed by atoms with Crippen LogP contribution in [0.5, 0.6) is 5.75 Å². The van der Waals surface area contributed by atoms with E-state index in [0.29, 0.717) is 5.75 Å². The molecule has 96 valence electrons. The van der Waals surface area contributed by atoms with Crippen molar-refractivity contribution in [3.8, 4) is 11.8 Å². The van der Waals surface area contributed by atoms with Gasteiger partial charge in [-0.1, -0.05) is 0 Å². The minimum absolute atomic E-state index is 0.128. The predicted molar refractivity (Wildman–Crippen MR) is 64.2 cm³/mol. The fourth-order valence-electron chi connectivity index (χ4n) is 1.45. The Labute approximate surface area is 107 Å². The summed E-state index contributed by atoms with van der Waals surface area (Å²) in [4.78, 5) is 11.9. The van der Waals surface area contributed by atoms with Crippen molar-refractivity contribution in [2.24, 2.45) is 0 Å². The van der Waals surface area contributed by atoms with E-state index in [1.165, 1.54) is 25.4 Å². The average Bonchev–Trinajstić information content (AvgIpc) is 2.85. The van der Waals surface area contributed by atoms with Gasteiger partial charge in [-0.2, -0.15) is 10.4 Å². The van der Waals surface area contributed by atoms with Gasteiger partial charge in [-0.3, -0.25) is 9.89 Å². The van der Waals surface area contributed by atoms with Gasteiger partial charge in [0.25, 0.3) is 5.91 Å². The third kappa shape index (κ3) is 2.52. The van der Waals surface area contributed by atoms with Crippen molar-refractivity contribution >= 4 is 11.7 Å². The Hall–Kier alpha value is -2.88. The zero-order chi connectivity index (χ0) is 13.8. The number of amides is 1. The van der Waals surface area contributed by atoms with E-state index in [0.717, 1.165) is 6.07 Å². The summed E-state index contributed by atoms with van der Waals surface area (Å²) in [7, 11) is 1.40. The molecule has 2 aromatic rings. The number of methoxy groups -OCH3 is 1. The van der Waals surface area contributed by atoms with Gasteiger partial charge in [-0.05, 0) is 12.1 Å². The highest BCUT2D eigenvalue weighted by Crippen LogP contribution is 2.18. The summed E-state index contributed by atoms with van der Waals surface area (Å²) in [5.74, 6) is -0.952. The number of halogens is 1. The Morgan fingerprint density at radius 2 is 2.37 bits per heavy atom. The maximum Gasteiger partial charge on any atom is 0.259 e. The van der Waals surface area contributed by atoms with Gasteiger partial charge in [0.05, 0.1) is 18.9 Å². The number of anilines is 1. The lowest BCUT2D eigenvalue weighted by molar-refractivity contribution is 0.102. The molecule has 0 fully saturated rings. The Kier molecular flexibility index (Phi) is 3.43. The third-order valence-corrected chi connectivity index (χ3v) is 2.42. The molecule has 0 atom stereocenters. The van der Waals surface area contributed by atoms with Crippen molar-refractivity contribution in [1.82, 2.24) is 10.2 Å². The van der Waals surface area contributed by atoms with Gasteiger partial charge in [0.2, 0.25) is 0 Å². The van der Waals surface area contributed by atoms with E-state index in [1.54, 1.807) is 0 Å². The average molecular weight is 260 g/mol. The first kappa shape index (κ1) is 12.6. The first-order valence-electron chi connectivity index (χ1n) is 5.24. The van der Waals surface area contributed by atoms with E-state index in [9.17, 15) is 9.18 Å². The van der Waals surface area contributed by atoms with E-state index < -0.39 is 11.7 Å². The summed E-state index contributed by atoms with van der Waals surface area (Å²) in [5.41, 5.74) is 0.0153. The number of aromatic nitrogens is 2. The quantitative estimate of drug-likeness (QED) is 0.878. The van der Waals surface area contributed by atoms with Gasteiger partial charge >= 0.3 is 0 Å². The predicted octanol–water partition coefficient (Wildman–Crippen LogP) is 1.68. The number of ether oxygens (including phenoxy) is 1. The van der Waals surface area contributed by atoms with E-state index >= 15 is 0 Å². The van der Waals surface area contributed by atoms with Crippen molar-refractivity contribution < 1.29 is 13.9 Å². The summed E-state index contributed by atoms with van der Waals surface area (Å²) < 4.78 is 18.5. The largest absolute Gasteiger partial charge is 0.497 e. The van der Waals surface area contributed by atoms with Crippen LogP contribution in [0, 0.1) is 17.1 Å². The number of nitriles is 1. The van der Waals surface area contributed by atoms with Crippen LogP contribution in [0.4, 0.5) is 10.2 Å². The zero-order valence-electron chi connectivity index (χ0n) is 9.90. The molecule has 0 saturated carbocycles. The first-order valence-corrected chi connectivity index (χ1v) is 5.24. The molecule has 1 aromatic heterocycles. The lowest BCUT2D eigenvalue weighted by Crippen LogP contribution is -2.14. The molecule has 2 rings (SSSR count). The molecule has 1 heterocycles. The second kappa shape index (κ2) is 5.18. The Morgan fingerprint density at radius 3 is 3.00 bits per heavy atom. The number of nitrogens with one attached hydrogen (secondary N) is 2. The highest BCUT2D eigenvalue weighted by atomic mass is 19.1. The zero-order valence-corrected chi connectivity index (χ0v) is 9.90. The van der Waals surface area contributed by atoms with Crippen LogP contribution in [0.3, 0.4) is 0 Å². The standard InChI is InChI=1S/C12H9FN4O2/c1-19-8-2-3-9(10(13)4-8)12(18)16-11-7(5-14)6-15-17-11/h2-4,6H,1H3,(H2,15,16,17,18). The Bertz CT molecular complexity index is 660. The number of H-pyrrole nitrogens is 1. The number of aromatic amines is 1. The molecule has 0 bridgehead atoms. The number of carbonyl (C=O) groups excluding carboxylic acids is 1. The number of hydrogen-bond donors (Lipinski definition) is 2. The molecule has 0 spiro atoms. The van der Waals surface area contributed by atoms with Gasteiger partial charge in [-0.25, -0.2) is 4.39 Å². The fourth-order valence-corrected chi connectivity index (χ4v) is 1.45. The van der Waals surface area contributed by atoms with Crippen molar-refractivity contribution in [3.63, 3.8) is 0 Å². The molecule has 0 aliphatic rings. The van der Waals surface area contributed by atoms with Crippen LogP contribution in [0.15, 0.2) is 24.4 Å². The fraction of sp³-hybridized carbons (Fsp3) is 0.0833. The molecule has 6 nitrogen and oxygen atoms in total. The Morgan fingerprint density at radius 1 is 1.58 bits per heavy atom. The van der Waals surface area contributed by atoms with E-state index in [-0.39, 0.29) is 16.9 Å². The van der Waals surface area contributed by atoms with Gasteiger partial charge in [0.1, 0.15) is 29.0 Å². The third-order valence-electron chi connectivity index (χ3n) is 2.42. The SMILES string of the molecule is COc1ccc(C(=O)Nc2[nH]ncc2C#N)c(F)c1. The van der Waals surface area contributed by atoms with Crippen LogP contribution in [0.2, 0.25) is 0 Å². The molecule has 0 unspecified atom stereocenters. The topological polar surface area (TPSA) is 90.8 Å². The second-order valence-corrected chi connectivity index (χ2v) is 3.57. The van der Waals surface area contributed by atoms with Gasteiger partial charge in [0.15, 0.2) is 0 Å². The highest BCUT2D eigenvalue weighted by molar-refractivity contribution is 6.04. The molecule has 0 radical (unpaired) electrons. The number of nitrogens with zero attached hydrogens (tertiary/aromatic N) is 2. The molecule has 2 N–H and O–H groups in total. The summed E-state index contributed by atoms with van der Waals surface area (Å²) >= 11 is 0. The van der Waals surface area contributed by atoms with Gasteiger partial charge in [-0.15, -0.1) is 0 Å². The monoisotopic (exact) mass is 260 g/mol. The van der Waals surface area contributed by atoms with Crippen LogP contribution in [-0.4, -0.2) is 23.2 Å². The molecular weight excluding hydrogens is 251 g/mol. The molecule has 0 saturated heterocycles. The minimum Gasteiger partial charge on any atom is -0.497 e. The summed E-state index contributed by atoms with van der Waals surface area (Å²) in [6, 6.07) is 5.71. The van der Waals surface area contributed by atoms with Gasteiger partial charge < -0.3 is 10.1 Å². The number of carbonyl (C=O) groups is 1. The molecule has 19 heavy (non-hydrogen) atoms. The molecule has 0 aliphatic heterocycles. The maximum absolute atomic E-state index is 13.7. The molecule has 1 aromatic carbocycles. The van der Waals surface area contributed by atoms with E-state index in [1.807, 2.05) is 6.07 Å². The highest BCUT2D eigenvalue weighted by Gasteiger charge is 2.15. The van der Waals surface area contributed by atoms with Crippen molar-refractivity contribution in [2.75, 3.05) is 12.4 Å². The number of rotatable bonds is 3. The molecular formula is C12H9FN4O2. The van der Waals surface area contributed by atoms with Crippen molar-refractivity contribution in [2.45, 2.75) is 0 Å². The second-order valence-electron chi connectivity index (χ2n) is 3.57.